The number of hydrogen-bond acceptors (Lipinski definition) is 3. The summed E-state index contributed by atoms with van der Waals surface area (Å²) in [5.74, 6) is -0.531. The normalized spacial score (nSPS) is 9.77. The molecule has 0 atom stereocenters. The molecule has 0 heterocycles. The van der Waals surface area contributed by atoms with Crippen molar-refractivity contribution in [2.75, 3.05) is 7.11 Å². The Labute approximate surface area is 74.1 Å². The Morgan fingerprint density at radius 2 is 2.15 bits per heavy atom. The lowest BCUT2D eigenvalue weighted by Gasteiger charge is -2.03. The monoisotopic (exact) mass is 185 g/mol. The molecule has 0 N–H and O–H groups in total. The fourth-order valence-electron chi connectivity index (χ4n) is 1.04. The second-order valence-corrected chi connectivity index (χ2v) is 2.48. The summed E-state index contributed by atoms with van der Waals surface area (Å²) in [7, 11) is 1.31. The summed E-state index contributed by atoms with van der Waals surface area (Å²) in [4.78, 5) is 9.86. The van der Waals surface area contributed by atoms with Gasteiger partial charge in [-0.1, -0.05) is 0 Å². The van der Waals surface area contributed by atoms with Gasteiger partial charge in [0.2, 0.25) is 0 Å². The molecule has 4 nitrogen and oxygen atoms in total. The van der Waals surface area contributed by atoms with Crippen LogP contribution in [-0.2, 0) is 0 Å². The minimum absolute atomic E-state index is 0.00986. The summed E-state index contributed by atoms with van der Waals surface area (Å²) < 4.78 is 17.6. The van der Waals surface area contributed by atoms with Crippen LogP contribution in [0.3, 0.4) is 0 Å². The van der Waals surface area contributed by atoms with Gasteiger partial charge in [0.15, 0.2) is 5.75 Å². The molecule has 0 spiro atoms. The molecule has 0 aliphatic carbocycles. The first-order chi connectivity index (χ1) is 6.07. The van der Waals surface area contributed by atoms with Crippen molar-refractivity contribution < 1.29 is 14.1 Å². The standard InChI is InChI=1S/C8H8FNO3/c1-5-6(9)3-4-7(13-2)8(5)10(11)12/h3-4H,1-2H3. The van der Waals surface area contributed by atoms with Crippen molar-refractivity contribution in [3.05, 3.63) is 33.6 Å². The van der Waals surface area contributed by atoms with Crippen molar-refractivity contribution in [2.24, 2.45) is 0 Å². The van der Waals surface area contributed by atoms with Crippen molar-refractivity contribution >= 4 is 5.69 Å². The van der Waals surface area contributed by atoms with Gasteiger partial charge in [0.05, 0.1) is 17.6 Å². The number of rotatable bonds is 2. The van der Waals surface area contributed by atoms with Crippen LogP contribution in [0.5, 0.6) is 5.75 Å². The molecule has 5 heteroatoms. The van der Waals surface area contributed by atoms with Crippen molar-refractivity contribution in [3.63, 3.8) is 0 Å². The summed E-state index contributed by atoms with van der Waals surface area (Å²) in [6.07, 6.45) is 0. The van der Waals surface area contributed by atoms with Crippen molar-refractivity contribution in [2.45, 2.75) is 6.92 Å². The average Bonchev–Trinajstić information content (AvgIpc) is 2.08. The fraction of sp³-hybridized carbons (Fsp3) is 0.250. The van der Waals surface area contributed by atoms with E-state index < -0.39 is 10.7 Å². The molecular weight excluding hydrogens is 177 g/mol. The maximum absolute atomic E-state index is 12.9. The minimum Gasteiger partial charge on any atom is -0.490 e. The van der Waals surface area contributed by atoms with E-state index in [0.29, 0.717) is 0 Å². The van der Waals surface area contributed by atoms with E-state index in [9.17, 15) is 14.5 Å². The largest absolute Gasteiger partial charge is 0.490 e. The Morgan fingerprint density at radius 3 is 2.62 bits per heavy atom. The van der Waals surface area contributed by atoms with Gasteiger partial charge in [-0.05, 0) is 19.1 Å². The number of nitrogens with zero attached hydrogens (tertiary/aromatic N) is 1. The quantitative estimate of drug-likeness (QED) is 0.523. The van der Waals surface area contributed by atoms with Crippen LogP contribution in [0.1, 0.15) is 5.56 Å². The van der Waals surface area contributed by atoms with Gasteiger partial charge in [0, 0.05) is 0 Å². The molecule has 0 aliphatic rings. The molecule has 0 saturated carbocycles. The van der Waals surface area contributed by atoms with E-state index in [1.54, 1.807) is 0 Å². The molecule has 0 saturated heterocycles. The van der Waals surface area contributed by atoms with Crippen LogP contribution in [0.25, 0.3) is 0 Å². The lowest BCUT2D eigenvalue weighted by Crippen LogP contribution is -1.98. The predicted octanol–water partition coefficient (Wildman–Crippen LogP) is 2.05. The van der Waals surface area contributed by atoms with Gasteiger partial charge in [0.1, 0.15) is 5.82 Å². The lowest BCUT2D eigenvalue weighted by molar-refractivity contribution is -0.386. The fourth-order valence-corrected chi connectivity index (χ4v) is 1.04. The molecular formula is C8H8FNO3. The number of nitro benzene ring substituents is 1. The van der Waals surface area contributed by atoms with Crippen LogP contribution in [-0.4, -0.2) is 12.0 Å². The van der Waals surface area contributed by atoms with E-state index in [4.69, 9.17) is 4.74 Å². The Morgan fingerprint density at radius 1 is 1.54 bits per heavy atom. The van der Waals surface area contributed by atoms with E-state index in [1.165, 1.54) is 20.1 Å². The zero-order chi connectivity index (χ0) is 10.0. The number of nitro groups is 1. The highest BCUT2D eigenvalue weighted by Gasteiger charge is 2.20. The van der Waals surface area contributed by atoms with E-state index in [2.05, 4.69) is 0 Å². The summed E-state index contributed by atoms with van der Waals surface area (Å²) in [5, 5.41) is 10.5. The molecule has 0 aliphatic heterocycles. The van der Waals surface area contributed by atoms with Gasteiger partial charge in [-0.25, -0.2) is 4.39 Å². The molecule has 70 valence electrons. The lowest BCUT2D eigenvalue weighted by atomic mass is 10.2. The molecule has 0 radical (unpaired) electrons. The molecule has 1 aromatic carbocycles. The molecule has 13 heavy (non-hydrogen) atoms. The van der Waals surface area contributed by atoms with Gasteiger partial charge in [-0.15, -0.1) is 0 Å². The molecule has 0 amide bonds. The first-order valence-corrected chi connectivity index (χ1v) is 3.55. The Hall–Kier alpha value is -1.65. The predicted molar refractivity (Wildman–Crippen MR) is 44.3 cm³/mol. The summed E-state index contributed by atoms with van der Waals surface area (Å²) in [6, 6.07) is 2.38. The van der Waals surface area contributed by atoms with Crippen LogP contribution in [0.15, 0.2) is 12.1 Å². The Balaban J connectivity index is 3.41. The van der Waals surface area contributed by atoms with Gasteiger partial charge in [-0.3, -0.25) is 10.1 Å². The van der Waals surface area contributed by atoms with Crippen LogP contribution >= 0.6 is 0 Å². The zero-order valence-electron chi connectivity index (χ0n) is 7.20. The first-order valence-electron chi connectivity index (χ1n) is 3.55. The van der Waals surface area contributed by atoms with Crippen molar-refractivity contribution in [3.8, 4) is 5.75 Å². The van der Waals surface area contributed by atoms with Crippen molar-refractivity contribution in [1.29, 1.82) is 0 Å². The number of hydrogen-bond donors (Lipinski definition) is 0. The van der Waals surface area contributed by atoms with Gasteiger partial charge in [-0.2, -0.15) is 0 Å². The van der Waals surface area contributed by atoms with Gasteiger partial charge in [0.25, 0.3) is 0 Å². The van der Waals surface area contributed by atoms with Crippen LogP contribution in [0.4, 0.5) is 10.1 Å². The second kappa shape index (κ2) is 3.38. The van der Waals surface area contributed by atoms with Crippen LogP contribution in [0, 0.1) is 22.9 Å². The maximum atomic E-state index is 12.9. The maximum Gasteiger partial charge on any atom is 0.316 e. The van der Waals surface area contributed by atoms with Crippen LogP contribution < -0.4 is 4.74 Å². The third-order valence-corrected chi connectivity index (χ3v) is 1.73. The van der Waals surface area contributed by atoms with E-state index in [-0.39, 0.29) is 17.0 Å². The highest BCUT2D eigenvalue weighted by atomic mass is 19.1. The highest BCUT2D eigenvalue weighted by molar-refractivity contribution is 5.52. The zero-order valence-corrected chi connectivity index (χ0v) is 7.20. The molecule has 0 unspecified atom stereocenters. The molecule has 1 rings (SSSR count). The van der Waals surface area contributed by atoms with Crippen LogP contribution in [0.2, 0.25) is 0 Å². The third kappa shape index (κ3) is 1.58. The van der Waals surface area contributed by atoms with Gasteiger partial charge < -0.3 is 4.74 Å². The number of benzene rings is 1. The first kappa shape index (κ1) is 9.44. The minimum atomic E-state index is -0.656. The highest BCUT2D eigenvalue weighted by Crippen LogP contribution is 2.31. The third-order valence-electron chi connectivity index (χ3n) is 1.73. The number of ether oxygens (including phenoxy) is 1. The van der Waals surface area contributed by atoms with Gasteiger partial charge >= 0.3 is 5.69 Å². The molecule has 1 aromatic rings. The average molecular weight is 185 g/mol. The second-order valence-electron chi connectivity index (χ2n) is 2.48. The number of halogens is 1. The van der Waals surface area contributed by atoms with E-state index >= 15 is 0 Å². The van der Waals surface area contributed by atoms with E-state index in [0.717, 1.165) is 6.07 Å². The Kier molecular flexibility index (Phi) is 2.46. The molecule has 0 fully saturated rings. The number of methoxy groups -OCH3 is 1. The van der Waals surface area contributed by atoms with Crippen molar-refractivity contribution in [1.82, 2.24) is 0 Å². The Bertz CT molecular complexity index is 351. The molecule has 0 aromatic heterocycles. The summed E-state index contributed by atoms with van der Waals surface area (Å²) >= 11 is 0. The topological polar surface area (TPSA) is 52.4 Å². The molecule has 0 bridgehead atoms. The smallest absolute Gasteiger partial charge is 0.316 e. The summed E-state index contributed by atoms with van der Waals surface area (Å²) in [5.41, 5.74) is -0.327. The SMILES string of the molecule is COc1ccc(F)c(C)c1[N+](=O)[O-]. The van der Waals surface area contributed by atoms with E-state index in [1.807, 2.05) is 0 Å². The summed E-state index contributed by atoms with van der Waals surface area (Å²) in [6.45, 7) is 1.34.